The minimum Gasteiger partial charge on any atom is -0.383 e. The van der Waals surface area contributed by atoms with Crippen LogP contribution in [0.2, 0.25) is 0 Å². The molecule has 0 aliphatic heterocycles. The topological polar surface area (TPSA) is 93.0 Å². The minimum atomic E-state index is -1.71. The smallest absolute Gasteiger partial charge is 0.188 e. The number of aromatic nitrogens is 3. The predicted molar refractivity (Wildman–Crippen MR) is 165 cm³/mol. The summed E-state index contributed by atoms with van der Waals surface area (Å²) in [5.74, 6) is -3.42. The van der Waals surface area contributed by atoms with E-state index in [4.69, 9.17) is 0 Å². The summed E-state index contributed by atoms with van der Waals surface area (Å²) in [5.41, 5.74) is 3.09. The van der Waals surface area contributed by atoms with Gasteiger partial charge in [0.25, 0.3) is 0 Å². The first-order valence-corrected chi connectivity index (χ1v) is 14.5. The van der Waals surface area contributed by atoms with Crippen molar-refractivity contribution < 1.29 is 14.7 Å². The van der Waals surface area contributed by atoms with E-state index in [9.17, 15) is 14.7 Å². The molecule has 2 aromatic carbocycles. The molecule has 6 nitrogen and oxygen atoms in total. The number of pyridine rings is 3. The summed E-state index contributed by atoms with van der Waals surface area (Å²) in [6, 6.07) is 31.8. The van der Waals surface area contributed by atoms with Crippen molar-refractivity contribution in [1.82, 2.24) is 15.0 Å². The van der Waals surface area contributed by atoms with E-state index in [0.29, 0.717) is 11.4 Å². The van der Waals surface area contributed by atoms with Crippen molar-refractivity contribution >= 4 is 11.6 Å². The van der Waals surface area contributed by atoms with Gasteiger partial charge in [-0.15, -0.1) is 0 Å². The largest absolute Gasteiger partial charge is 0.383 e. The summed E-state index contributed by atoms with van der Waals surface area (Å²) in [6.07, 6.45) is 4.92. The molecule has 214 valence electrons. The minimum absolute atomic E-state index is 0.113. The van der Waals surface area contributed by atoms with Crippen molar-refractivity contribution in [1.29, 1.82) is 0 Å². The number of ketones is 2. The molecule has 1 aliphatic carbocycles. The number of benzene rings is 2. The van der Waals surface area contributed by atoms with Gasteiger partial charge < -0.3 is 5.11 Å². The second kappa shape index (κ2) is 11.8. The molecule has 3 heterocycles. The Morgan fingerprint density at radius 2 is 1.16 bits per heavy atom. The number of hydrogen-bond donors (Lipinski definition) is 1. The maximum atomic E-state index is 14.7. The molecule has 1 N–H and O–H groups in total. The molecular formula is C37H33N3O3. The third-order valence-electron chi connectivity index (χ3n) is 8.72. The van der Waals surface area contributed by atoms with Crippen molar-refractivity contribution in [2.45, 2.75) is 37.7 Å². The van der Waals surface area contributed by atoms with Crippen LogP contribution in [0.25, 0.3) is 0 Å². The first-order chi connectivity index (χ1) is 20.9. The zero-order valence-electron chi connectivity index (χ0n) is 24.2. The van der Waals surface area contributed by atoms with Gasteiger partial charge in [-0.1, -0.05) is 77.9 Å². The normalized spacial score (nSPS) is 23.4. The summed E-state index contributed by atoms with van der Waals surface area (Å²) in [6.45, 7) is 4.01. The number of aliphatic hydroxyl groups is 1. The molecule has 1 saturated carbocycles. The van der Waals surface area contributed by atoms with Gasteiger partial charge in [0.1, 0.15) is 17.0 Å². The molecule has 5 atom stereocenters. The van der Waals surface area contributed by atoms with Crippen LogP contribution in [0, 0.1) is 25.7 Å². The molecule has 6 heteroatoms. The average Bonchev–Trinajstić information content (AvgIpc) is 3.05. The van der Waals surface area contributed by atoms with Crippen molar-refractivity contribution in [3.8, 4) is 0 Å². The third kappa shape index (κ3) is 5.42. The molecule has 43 heavy (non-hydrogen) atoms. The lowest BCUT2D eigenvalue weighted by Crippen LogP contribution is -2.54. The molecule has 0 spiro atoms. The Morgan fingerprint density at radius 1 is 0.651 bits per heavy atom. The molecule has 6 rings (SSSR count). The second-order valence-electron chi connectivity index (χ2n) is 11.5. The van der Waals surface area contributed by atoms with Crippen LogP contribution in [0.5, 0.6) is 0 Å². The summed E-state index contributed by atoms with van der Waals surface area (Å²) < 4.78 is 0. The molecular weight excluding hydrogens is 534 g/mol. The monoisotopic (exact) mass is 567 g/mol. The van der Waals surface area contributed by atoms with E-state index in [-0.39, 0.29) is 23.7 Å². The maximum absolute atomic E-state index is 14.7. The second-order valence-corrected chi connectivity index (χ2v) is 11.5. The van der Waals surface area contributed by atoms with Crippen LogP contribution in [0.1, 0.15) is 67.2 Å². The lowest BCUT2D eigenvalue weighted by atomic mass is 9.53. The number of rotatable bonds is 7. The molecule has 3 aromatic heterocycles. The van der Waals surface area contributed by atoms with Gasteiger partial charge in [0, 0.05) is 30.4 Å². The van der Waals surface area contributed by atoms with Crippen molar-refractivity contribution in [3.63, 3.8) is 0 Å². The van der Waals surface area contributed by atoms with Crippen LogP contribution < -0.4 is 0 Å². The van der Waals surface area contributed by atoms with Gasteiger partial charge in [-0.2, -0.15) is 0 Å². The first-order valence-electron chi connectivity index (χ1n) is 14.5. The number of Topliss-reactive ketones (excluding diaryl/α,β-unsaturated/α-hetero) is 2. The highest BCUT2D eigenvalue weighted by Crippen LogP contribution is 2.58. The van der Waals surface area contributed by atoms with E-state index in [2.05, 4.69) is 15.0 Å². The molecule has 5 aromatic rings. The Kier molecular flexibility index (Phi) is 7.78. The third-order valence-corrected chi connectivity index (χ3v) is 8.72. The number of carbonyl (C=O) groups excluding carboxylic acids is 2. The van der Waals surface area contributed by atoms with Gasteiger partial charge in [-0.3, -0.25) is 24.5 Å². The number of nitrogens with zero attached hydrogens (tertiary/aromatic N) is 3. The molecule has 0 unspecified atom stereocenters. The summed E-state index contributed by atoms with van der Waals surface area (Å²) in [4.78, 5) is 42.7. The van der Waals surface area contributed by atoms with Crippen LogP contribution in [0.3, 0.4) is 0 Å². The van der Waals surface area contributed by atoms with E-state index >= 15 is 0 Å². The zero-order valence-corrected chi connectivity index (χ0v) is 24.2. The molecule has 0 radical (unpaired) electrons. The molecule has 0 bridgehead atoms. The molecule has 1 fully saturated rings. The summed E-state index contributed by atoms with van der Waals surface area (Å²) in [5, 5.41) is 12.9. The Bertz CT molecular complexity index is 1710. The fourth-order valence-electron chi connectivity index (χ4n) is 6.63. The number of carbonyl (C=O) groups is 2. The van der Waals surface area contributed by atoms with Crippen molar-refractivity contribution in [3.05, 3.63) is 161 Å². The van der Waals surface area contributed by atoms with Gasteiger partial charge in [0.05, 0.1) is 11.6 Å². The SMILES string of the molecule is Cc1ccc([C@@H]2[C@@H](C(=O)c3ccccn3)[C@H](c3ccc(C)cc3)C[C@](O)(c3ccccn3)[C@H]2C(=O)c2ccccn2)cc1. The van der Waals surface area contributed by atoms with Crippen LogP contribution in [0.4, 0.5) is 0 Å². The van der Waals surface area contributed by atoms with Crippen LogP contribution in [0.15, 0.2) is 122 Å². The molecule has 1 aliphatic rings. The van der Waals surface area contributed by atoms with Crippen molar-refractivity contribution in [2.24, 2.45) is 11.8 Å². The molecule has 0 saturated heterocycles. The first kappa shape index (κ1) is 28.3. The molecule has 0 amide bonds. The fourth-order valence-corrected chi connectivity index (χ4v) is 6.63. The quantitative estimate of drug-likeness (QED) is 0.222. The van der Waals surface area contributed by atoms with Gasteiger partial charge in [-0.05, 0) is 73.7 Å². The Labute approximate surface area is 251 Å². The Hall–Kier alpha value is -4.81. The zero-order chi connectivity index (χ0) is 30.0. The summed E-state index contributed by atoms with van der Waals surface area (Å²) >= 11 is 0. The van der Waals surface area contributed by atoms with E-state index in [1.54, 1.807) is 67.1 Å². The number of hydrogen-bond acceptors (Lipinski definition) is 6. The Balaban J connectivity index is 1.65. The van der Waals surface area contributed by atoms with Gasteiger partial charge >= 0.3 is 0 Å². The van der Waals surface area contributed by atoms with Crippen LogP contribution in [-0.2, 0) is 5.60 Å². The highest BCUT2D eigenvalue weighted by Gasteiger charge is 2.59. The van der Waals surface area contributed by atoms with Gasteiger partial charge in [0.2, 0.25) is 0 Å². The van der Waals surface area contributed by atoms with E-state index in [0.717, 1.165) is 22.3 Å². The van der Waals surface area contributed by atoms with E-state index in [1.807, 2.05) is 68.4 Å². The highest BCUT2D eigenvalue weighted by atomic mass is 16.3. The highest BCUT2D eigenvalue weighted by molar-refractivity contribution is 6.01. The predicted octanol–water partition coefficient (Wildman–Crippen LogP) is 6.65. The van der Waals surface area contributed by atoms with Gasteiger partial charge in [-0.25, -0.2) is 0 Å². The average molecular weight is 568 g/mol. The van der Waals surface area contributed by atoms with Crippen molar-refractivity contribution in [2.75, 3.05) is 0 Å². The van der Waals surface area contributed by atoms with Gasteiger partial charge in [0.15, 0.2) is 11.6 Å². The summed E-state index contributed by atoms with van der Waals surface area (Å²) in [7, 11) is 0. The van der Waals surface area contributed by atoms with Crippen LogP contribution in [-0.4, -0.2) is 31.6 Å². The lowest BCUT2D eigenvalue weighted by molar-refractivity contribution is -0.0722. The lowest BCUT2D eigenvalue weighted by Gasteiger charge is -2.50. The number of aryl methyl sites for hydroxylation is 2. The van der Waals surface area contributed by atoms with E-state index < -0.39 is 29.3 Å². The van der Waals surface area contributed by atoms with Crippen LogP contribution >= 0.6 is 0 Å². The maximum Gasteiger partial charge on any atom is 0.188 e. The Morgan fingerprint density at radius 3 is 1.67 bits per heavy atom. The fraction of sp³-hybridized carbons (Fsp3) is 0.216. The van der Waals surface area contributed by atoms with E-state index in [1.165, 1.54) is 0 Å². The standard InChI is InChI=1S/C37H33N3O3/c1-24-12-16-26(17-13-24)28-23-37(43,31-11-5-8-22-40-31)34(36(42)30-10-4-7-21-39-30)32(27-18-14-25(2)15-19-27)33(28)35(41)29-9-3-6-20-38-29/h3-22,28,32-34,43H,23H2,1-2H3/t28-,32+,33-,34+,37-/m0/s1.